The number of hydrogen-bond acceptors (Lipinski definition) is 21. The first kappa shape index (κ1) is 72.9. The van der Waals surface area contributed by atoms with Crippen LogP contribution in [0.5, 0.6) is 0 Å². The lowest BCUT2D eigenvalue weighted by Gasteiger charge is -2.34. The van der Waals surface area contributed by atoms with Crippen molar-refractivity contribution in [3.05, 3.63) is 123 Å². The Hall–Kier alpha value is -6.54. The number of carbonyl (C=O) groups excluding carboxylic acids is 6. The maximum atomic E-state index is 14.0. The zero-order valence-electron chi connectivity index (χ0n) is 52.9. The molecule has 12 unspecified atom stereocenters. The number of fused-ring (bicyclic) bond motifs is 4. The molecule has 0 aromatic rings. The lowest BCUT2D eigenvalue weighted by Crippen LogP contribution is -2.47. The number of Topliss-reactive ketones (excluding diaryl/α,β-unsaturated/α-hetero) is 2. The predicted octanol–water partition coefficient (Wildman–Crippen LogP) is 5.18. The molecular formula is C64H96N8O15. The molecule has 0 saturated carbocycles. The minimum absolute atomic E-state index is 0.0593. The van der Waals surface area contributed by atoms with Gasteiger partial charge in [0.1, 0.15) is 18.3 Å². The third-order valence-corrected chi connectivity index (χ3v) is 16.1. The molecule has 2 amide bonds. The molecule has 0 aromatic carbocycles. The van der Waals surface area contributed by atoms with Gasteiger partial charge in [0.25, 0.3) is 5.91 Å². The number of primary amides is 1. The van der Waals surface area contributed by atoms with Crippen molar-refractivity contribution in [1.82, 2.24) is 25.8 Å². The molecule has 0 aromatic heterocycles. The van der Waals surface area contributed by atoms with Crippen LogP contribution in [-0.2, 0) is 52.4 Å². The summed E-state index contributed by atoms with van der Waals surface area (Å²) < 4.78 is 33.6. The number of amides is 2. The highest BCUT2D eigenvalue weighted by Crippen LogP contribution is 2.31. The number of ketones is 4. The largest absolute Gasteiger partial charge is 0.439 e. The molecule has 87 heavy (non-hydrogen) atoms. The smallest absolute Gasteiger partial charge is 0.405 e. The average molecular weight is 1220 g/mol. The number of nitroso groups, excluding NO2 is 1. The molecule has 2 aliphatic carbocycles. The molecule has 0 spiro atoms. The molecule has 12 atom stereocenters. The van der Waals surface area contributed by atoms with Crippen molar-refractivity contribution in [2.24, 2.45) is 40.3 Å². The number of aliphatic hydroxyl groups excluding tert-OH is 2. The van der Waals surface area contributed by atoms with Crippen LogP contribution in [0.1, 0.15) is 93.9 Å². The Bertz CT molecular complexity index is 2720. The fourth-order valence-corrected chi connectivity index (χ4v) is 11.3. The van der Waals surface area contributed by atoms with Crippen LogP contribution in [0.25, 0.3) is 0 Å². The molecule has 5 aliphatic rings. The molecular weight excluding hydrogens is 1120 g/mol. The van der Waals surface area contributed by atoms with E-state index in [9.17, 15) is 43.9 Å². The number of rotatable bonds is 15. The van der Waals surface area contributed by atoms with E-state index in [4.69, 9.17) is 39.9 Å². The number of methoxy groups -OCH3 is 4. The standard InChI is InChI=1S/C38H59N5O8.C26H37N3O7/c1-8-14-42-16-18-43(19-17-42)15-10-13-40-33-28-20-24(2)21-32(50-7)34(45)26(4)22-27(5)36(51-38(39)48)31(49-6)12-9-11-25(3)37(47)41-29(35(28)46)23-30(33)44;1-15-10-18-23(27)20(30)13-19(25(18)32)28-9-7-6-8-21(34-4)26(36-14-29-33)17(3)12-16(2)24(31)22(11-15)35-5/h9,11-12,22-24,26,31-32,34,36,40,45H,8,10,13-21H2,1-7H3,(H2,39,48)(H,41,47);6-9,12-13,15-16,21-22,24,26,28,31H,10-11,14,27H2,1-5H3/b12-9-,25-11+,27-22+;8-6-,9-7+,17-12+. The van der Waals surface area contributed by atoms with Gasteiger partial charge >= 0.3 is 6.09 Å². The second-order valence-electron chi connectivity index (χ2n) is 23.1. The van der Waals surface area contributed by atoms with E-state index in [1.807, 2.05) is 40.7 Å². The summed E-state index contributed by atoms with van der Waals surface area (Å²) >= 11 is 0. The normalized spacial score (nSPS) is 32.1. The van der Waals surface area contributed by atoms with Crippen LogP contribution in [0.15, 0.2) is 123 Å². The van der Waals surface area contributed by atoms with Gasteiger partial charge in [0, 0.05) is 108 Å². The summed E-state index contributed by atoms with van der Waals surface area (Å²) in [5, 5.41) is 34.0. The van der Waals surface area contributed by atoms with Crippen molar-refractivity contribution in [2.75, 3.05) is 81.0 Å². The Morgan fingerprint density at radius 3 is 1.80 bits per heavy atom. The maximum absolute atomic E-state index is 14.0. The molecule has 3 aliphatic heterocycles. The molecule has 3 heterocycles. The van der Waals surface area contributed by atoms with E-state index in [2.05, 4.69) is 37.9 Å². The number of nitrogens with two attached hydrogens (primary N) is 2. The summed E-state index contributed by atoms with van der Waals surface area (Å²) in [5.74, 6) is -3.23. The van der Waals surface area contributed by atoms with Crippen LogP contribution >= 0.6 is 0 Å². The Kier molecular flexibility index (Phi) is 30.8. The molecule has 5 rings (SSSR count). The monoisotopic (exact) mass is 1220 g/mol. The van der Waals surface area contributed by atoms with Crippen LogP contribution < -0.4 is 27.4 Å². The van der Waals surface area contributed by atoms with E-state index < -0.39 is 78.3 Å². The van der Waals surface area contributed by atoms with Crippen molar-refractivity contribution < 1.29 is 67.4 Å². The Morgan fingerprint density at radius 2 is 1.25 bits per heavy atom. The number of hydrogen-bond donors (Lipinski definition) is 7. The average Bonchev–Trinajstić information content (AvgIpc) is 1.34. The van der Waals surface area contributed by atoms with Crippen LogP contribution in [-0.4, -0.2) is 185 Å². The molecule has 0 radical (unpaired) electrons. The summed E-state index contributed by atoms with van der Waals surface area (Å²) in [7, 11) is 5.99. The van der Waals surface area contributed by atoms with Crippen molar-refractivity contribution in [3.8, 4) is 0 Å². The molecule has 482 valence electrons. The van der Waals surface area contributed by atoms with E-state index in [-0.39, 0.29) is 82.8 Å². The van der Waals surface area contributed by atoms with Gasteiger partial charge in [0.05, 0.1) is 47.2 Å². The van der Waals surface area contributed by atoms with E-state index >= 15 is 0 Å². The number of allylic oxidation sites excluding steroid dienone is 8. The first-order chi connectivity index (χ1) is 41.4. The van der Waals surface area contributed by atoms with Crippen LogP contribution in [0, 0.1) is 28.6 Å². The summed E-state index contributed by atoms with van der Waals surface area (Å²) in [4.78, 5) is 93.6. The molecule has 9 N–H and O–H groups in total. The molecule has 23 heteroatoms. The number of nitrogens with one attached hydrogen (secondary N) is 3. The third kappa shape index (κ3) is 21.9. The van der Waals surface area contributed by atoms with Gasteiger partial charge in [0.15, 0.2) is 12.8 Å². The van der Waals surface area contributed by atoms with Gasteiger partial charge in [-0.15, -0.1) is 4.91 Å². The SMILES string of the molecule is CCCN1CCN(CCCNC2=C3CC(C)CC(OC)C(O)C(C)/C=C(\C)C(OC(N)=O)C(OC)/C=C\C=C(/C)C(=O)NC(=CC2=O)C3=O)CC1.COC1/C=C\C=C\NC2=CC(=O)C(N)=C(CC(C)CC(OC)C(O)C(C)/C=C(\C)C1OCN=O)C2=O. The highest BCUT2D eigenvalue weighted by molar-refractivity contribution is 6.24. The second-order valence-corrected chi connectivity index (χ2v) is 23.1. The van der Waals surface area contributed by atoms with E-state index in [0.717, 1.165) is 57.7 Å². The summed E-state index contributed by atoms with van der Waals surface area (Å²) in [6.07, 6.45) is 13.6. The zero-order valence-corrected chi connectivity index (χ0v) is 52.9. The maximum Gasteiger partial charge on any atom is 0.405 e. The Balaban J connectivity index is 0.000000396. The van der Waals surface area contributed by atoms with E-state index in [1.54, 1.807) is 50.3 Å². The first-order valence-corrected chi connectivity index (χ1v) is 29.9. The van der Waals surface area contributed by atoms with Gasteiger partial charge in [-0.05, 0) is 107 Å². The second kappa shape index (κ2) is 36.7. The molecule has 1 fully saturated rings. The number of piperazine rings is 1. The van der Waals surface area contributed by atoms with E-state index in [1.165, 1.54) is 52.9 Å². The van der Waals surface area contributed by atoms with Gasteiger partial charge in [-0.1, -0.05) is 77.2 Å². The number of carbonyl (C=O) groups is 6. The molecule has 23 nitrogen and oxygen atoms in total. The van der Waals surface area contributed by atoms with Gasteiger partial charge < -0.3 is 75.9 Å². The highest BCUT2D eigenvalue weighted by atomic mass is 16.6. The predicted molar refractivity (Wildman–Crippen MR) is 331 cm³/mol. The quantitative estimate of drug-likeness (QED) is 0.0481. The summed E-state index contributed by atoms with van der Waals surface area (Å²) in [6.45, 7) is 21.1. The van der Waals surface area contributed by atoms with E-state index in [0.29, 0.717) is 30.5 Å². The number of aliphatic hydroxyl groups is 2. The van der Waals surface area contributed by atoms with Crippen molar-refractivity contribution in [2.45, 2.75) is 143 Å². The fraction of sp³-hybridized carbons (Fsp3) is 0.594. The molecule has 1 saturated heterocycles. The van der Waals surface area contributed by atoms with Crippen molar-refractivity contribution in [3.63, 3.8) is 0 Å². The molecule has 4 bridgehead atoms. The zero-order chi connectivity index (χ0) is 64.5. The van der Waals surface area contributed by atoms with Gasteiger partial charge in [-0.3, -0.25) is 24.0 Å². The lowest BCUT2D eigenvalue weighted by atomic mass is 9.85. The van der Waals surface area contributed by atoms with Crippen LogP contribution in [0.2, 0.25) is 0 Å². The minimum Gasteiger partial charge on any atom is -0.439 e. The van der Waals surface area contributed by atoms with Gasteiger partial charge in [-0.25, -0.2) is 4.79 Å². The minimum atomic E-state index is -0.993. The lowest BCUT2D eigenvalue weighted by molar-refractivity contribution is -0.120. The topological polar surface area (TPSA) is 322 Å². The third-order valence-electron chi connectivity index (χ3n) is 16.1. The van der Waals surface area contributed by atoms with Crippen molar-refractivity contribution in [1.29, 1.82) is 0 Å². The van der Waals surface area contributed by atoms with Crippen LogP contribution in [0.4, 0.5) is 4.79 Å². The summed E-state index contributed by atoms with van der Waals surface area (Å²) in [6, 6.07) is 0. The number of ether oxygens (including phenoxy) is 6. The summed E-state index contributed by atoms with van der Waals surface area (Å²) in [5.41, 5.74) is 13.7. The van der Waals surface area contributed by atoms with Gasteiger partial charge in [0.2, 0.25) is 23.1 Å². The Morgan fingerprint density at radius 1 is 0.724 bits per heavy atom. The van der Waals surface area contributed by atoms with Crippen molar-refractivity contribution >= 4 is 35.1 Å². The highest BCUT2D eigenvalue weighted by Gasteiger charge is 2.35. The van der Waals surface area contributed by atoms with Gasteiger partial charge in [-0.2, -0.15) is 0 Å². The fourth-order valence-electron chi connectivity index (χ4n) is 11.3. The van der Waals surface area contributed by atoms with Crippen LogP contribution in [0.3, 0.4) is 0 Å². The Labute approximate surface area is 513 Å². The number of nitrogens with zero attached hydrogens (tertiary/aromatic N) is 3. The first-order valence-electron chi connectivity index (χ1n) is 29.9.